The summed E-state index contributed by atoms with van der Waals surface area (Å²) in [4.78, 5) is 24.3. The van der Waals surface area contributed by atoms with E-state index in [-0.39, 0.29) is 24.7 Å². The highest BCUT2D eigenvalue weighted by molar-refractivity contribution is 9.10. The summed E-state index contributed by atoms with van der Waals surface area (Å²) in [7, 11) is 0. The zero-order valence-corrected chi connectivity index (χ0v) is 10.9. The topological polar surface area (TPSA) is 37.4 Å². The van der Waals surface area contributed by atoms with Gasteiger partial charge >= 0.3 is 0 Å². The molecule has 0 aliphatic carbocycles. The number of anilines is 1. The quantitative estimate of drug-likeness (QED) is 0.748. The Morgan fingerprint density at radius 1 is 1.38 bits per heavy atom. The van der Waals surface area contributed by atoms with Crippen molar-refractivity contribution in [1.82, 2.24) is 0 Å². The largest absolute Gasteiger partial charge is 0.303 e. The summed E-state index contributed by atoms with van der Waals surface area (Å²) < 4.78 is 0.737. The molecule has 1 aliphatic heterocycles. The van der Waals surface area contributed by atoms with E-state index in [0.717, 1.165) is 15.7 Å². The first kappa shape index (κ1) is 11.6. The maximum Gasteiger partial charge on any atom is 0.234 e. The Morgan fingerprint density at radius 3 is 2.56 bits per heavy atom. The molecule has 0 spiro atoms. The van der Waals surface area contributed by atoms with E-state index < -0.39 is 0 Å². The molecule has 1 aliphatic rings. The summed E-state index contributed by atoms with van der Waals surface area (Å²) in [5.41, 5.74) is 1.61. The summed E-state index contributed by atoms with van der Waals surface area (Å²) in [5, 5.41) is 0.603. The van der Waals surface area contributed by atoms with Crippen LogP contribution in [0.5, 0.6) is 0 Å². The molecule has 5 heteroatoms. The molecule has 0 atom stereocenters. The fourth-order valence-electron chi connectivity index (χ4n) is 1.82. The van der Waals surface area contributed by atoms with Crippen LogP contribution in [0.4, 0.5) is 5.69 Å². The molecular weight excluding hydrogens is 293 g/mol. The summed E-state index contributed by atoms with van der Waals surface area (Å²) in [6, 6.07) is 3.50. The van der Waals surface area contributed by atoms with Gasteiger partial charge in [0, 0.05) is 9.50 Å². The van der Waals surface area contributed by atoms with E-state index in [1.807, 2.05) is 6.92 Å². The molecule has 1 heterocycles. The number of carbonyl (C=O) groups excluding carboxylic acids is 2. The number of nitrogens with zero attached hydrogens (tertiary/aromatic N) is 1. The first-order chi connectivity index (χ1) is 7.49. The molecule has 16 heavy (non-hydrogen) atoms. The molecule has 1 fully saturated rings. The minimum Gasteiger partial charge on any atom is -0.303 e. The lowest BCUT2D eigenvalue weighted by molar-refractivity contribution is -0.121. The van der Waals surface area contributed by atoms with Gasteiger partial charge in [-0.3, -0.25) is 9.59 Å². The van der Waals surface area contributed by atoms with Gasteiger partial charge in [0.15, 0.2) is 5.78 Å². The summed E-state index contributed by atoms with van der Waals surface area (Å²) in [6.45, 7) is 2.02. The van der Waals surface area contributed by atoms with Gasteiger partial charge in [-0.05, 0) is 40.5 Å². The number of ketones is 1. The van der Waals surface area contributed by atoms with Crippen LogP contribution in [0.1, 0.15) is 12.0 Å². The smallest absolute Gasteiger partial charge is 0.234 e. The van der Waals surface area contributed by atoms with Crippen LogP contribution in [0.15, 0.2) is 16.6 Å². The van der Waals surface area contributed by atoms with Crippen LogP contribution in [-0.2, 0) is 9.59 Å². The SMILES string of the molecule is Cc1cc(Cl)cc(Br)c1N1CC(=O)CC1=O. The van der Waals surface area contributed by atoms with Crippen LogP contribution in [0.3, 0.4) is 0 Å². The van der Waals surface area contributed by atoms with Crippen molar-refractivity contribution in [3.8, 4) is 0 Å². The Hall–Kier alpha value is -0.870. The van der Waals surface area contributed by atoms with Gasteiger partial charge in [0.25, 0.3) is 0 Å². The molecule has 0 aromatic heterocycles. The van der Waals surface area contributed by atoms with Gasteiger partial charge in [0.2, 0.25) is 5.91 Å². The molecule has 1 aromatic carbocycles. The number of hydrogen-bond acceptors (Lipinski definition) is 2. The first-order valence-corrected chi connectivity index (χ1v) is 5.94. The first-order valence-electron chi connectivity index (χ1n) is 4.77. The summed E-state index contributed by atoms with van der Waals surface area (Å²) >= 11 is 9.26. The summed E-state index contributed by atoms with van der Waals surface area (Å²) in [6.07, 6.45) is -0.00545. The lowest BCUT2D eigenvalue weighted by atomic mass is 10.2. The number of carbonyl (C=O) groups is 2. The van der Waals surface area contributed by atoms with Crippen LogP contribution in [0.25, 0.3) is 0 Å². The van der Waals surface area contributed by atoms with Crippen LogP contribution in [-0.4, -0.2) is 18.2 Å². The van der Waals surface area contributed by atoms with Crippen molar-refractivity contribution >= 4 is 44.9 Å². The number of amides is 1. The molecule has 2 rings (SSSR count). The molecular formula is C11H9BrClNO2. The van der Waals surface area contributed by atoms with Crippen molar-refractivity contribution in [2.45, 2.75) is 13.3 Å². The van der Waals surface area contributed by atoms with Crippen molar-refractivity contribution in [2.75, 3.05) is 11.4 Å². The Morgan fingerprint density at radius 2 is 2.06 bits per heavy atom. The molecule has 3 nitrogen and oxygen atoms in total. The molecule has 0 unspecified atom stereocenters. The molecule has 1 saturated heterocycles. The van der Waals surface area contributed by atoms with Crippen molar-refractivity contribution in [1.29, 1.82) is 0 Å². The average Bonchev–Trinajstić information content (AvgIpc) is 2.43. The van der Waals surface area contributed by atoms with Crippen molar-refractivity contribution in [2.24, 2.45) is 0 Å². The molecule has 0 bridgehead atoms. The van der Waals surface area contributed by atoms with E-state index >= 15 is 0 Å². The van der Waals surface area contributed by atoms with E-state index in [2.05, 4.69) is 15.9 Å². The average molecular weight is 303 g/mol. The molecule has 0 N–H and O–H groups in total. The normalized spacial score (nSPS) is 16.1. The fraction of sp³-hybridized carbons (Fsp3) is 0.273. The highest BCUT2D eigenvalue weighted by atomic mass is 79.9. The standard InChI is InChI=1S/C11H9BrClNO2/c1-6-2-7(13)3-9(12)11(6)14-5-8(15)4-10(14)16/h2-3H,4-5H2,1H3. The molecule has 0 radical (unpaired) electrons. The second kappa shape index (κ2) is 4.18. The highest BCUT2D eigenvalue weighted by Gasteiger charge is 2.30. The van der Waals surface area contributed by atoms with Crippen LogP contribution < -0.4 is 4.90 Å². The van der Waals surface area contributed by atoms with Gasteiger partial charge in [0.05, 0.1) is 18.7 Å². The van der Waals surface area contributed by atoms with Gasteiger partial charge in [-0.2, -0.15) is 0 Å². The lowest BCUT2D eigenvalue weighted by Gasteiger charge is -2.19. The van der Waals surface area contributed by atoms with Crippen molar-refractivity contribution < 1.29 is 9.59 Å². The number of hydrogen-bond donors (Lipinski definition) is 0. The second-order valence-corrected chi connectivity index (χ2v) is 5.04. The van der Waals surface area contributed by atoms with E-state index in [1.165, 1.54) is 4.90 Å². The maximum atomic E-state index is 11.6. The van der Waals surface area contributed by atoms with Crippen LogP contribution in [0.2, 0.25) is 5.02 Å². The van der Waals surface area contributed by atoms with E-state index in [9.17, 15) is 9.59 Å². The fourth-order valence-corrected chi connectivity index (χ4v) is 3.00. The van der Waals surface area contributed by atoms with Gasteiger partial charge in [-0.15, -0.1) is 0 Å². The van der Waals surface area contributed by atoms with Gasteiger partial charge in [-0.1, -0.05) is 11.6 Å². The predicted octanol–water partition coefficient (Wildman–Crippen LogP) is 2.72. The van der Waals surface area contributed by atoms with Gasteiger partial charge < -0.3 is 4.90 Å². The third kappa shape index (κ3) is 1.99. The maximum absolute atomic E-state index is 11.6. The minimum atomic E-state index is -0.156. The molecule has 0 saturated carbocycles. The molecule has 1 amide bonds. The number of rotatable bonds is 1. The van der Waals surface area contributed by atoms with Gasteiger partial charge in [-0.25, -0.2) is 0 Å². The Balaban J connectivity index is 2.48. The zero-order chi connectivity index (χ0) is 11.9. The number of Topliss-reactive ketones (excluding diaryl/α,β-unsaturated/α-hetero) is 1. The Kier molecular flexibility index (Phi) is 3.04. The monoisotopic (exact) mass is 301 g/mol. The number of benzene rings is 1. The minimum absolute atomic E-state index is 0.00545. The second-order valence-electron chi connectivity index (χ2n) is 3.75. The van der Waals surface area contributed by atoms with E-state index in [0.29, 0.717) is 5.02 Å². The number of aryl methyl sites for hydroxylation is 1. The van der Waals surface area contributed by atoms with E-state index in [1.54, 1.807) is 12.1 Å². The summed E-state index contributed by atoms with van der Waals surface area (Å²) in [5.74, 6) is -0.206. The van der Waals surface area contributed by atoms with E-state index in [4.69, 9.17) is 11.6 Å². The molecule has 84 valence electrons. The van der Waals surface area contributed by atoms with Crippen LogP contribution >= 0.6 is 27.5 Å². The predicted molar refractivity (Wildman–Crippen MR) is 65.9 cm³/mol. The van der Waals surface area contributed by atoms with Crippen molar-refractivity contribution in [3.63, 3.8) is 0 Å². The van der Waals surface area contributed by atoms with Crippen LogP contribution in [0, 0.1) is 6.92 Å². The van der Waals surface area contributed by atoms with Gasteiger partial charge in [0.1, 0.15) is 0 Å². The molecule has 1 aromatic rings. The zero-order valence-electron chi connectivity index (χ0n) is 8.59. The Labute approximate surface area is 107 Å². The highest BCUT2D eigenvalue weighted by Crippen LogP contribution is 2.34. The number of halogens is 2. The third-order valence-electron chi connectivity index (χ3n) is 2.47. The lowest BCUT2D eigenvalue weighted by Crippen LogP contribution is -2.25. The Bertz CT molecular complexity index is 464. The third-order valence-corrected chi connectivity index (χ3v) is 3.30. The van der Waals surface area contributed by atoms with Crippen molar-refractivity contribution in [3.05, 3.63) is 27.2 Å².